The number of hydrogen-bond acceptors (Lipinski definition) is 3. The van der Waals surface area contributed by atoms with E-state index in [-0.39, 0.29) is 5.56 Å². The van der Waals surface area contributed by atoms with Gasteiger partial charge in [-0.15, -0.1) is 0 Å². The molecule has 2 rings (SSSR count). The number of hydrogen-bond donors (Lipinski definition) is 0. The summed E-state index contributed by atoms with van der Waals surface area (Å²) in [4.78, 5) is 24.4. The minimum Gasteiger partial charge on any atom is -0.383 e. The van der Waals surface area contributed by atoms with Crippen molar-refractivity contribution in [3.8, 4) is 0 Å². The Morgan fingerprint density at radius 2 is 2.12 bits per heavy atom. The lowest BCUT2D eigenvalue weighted by molar-refractivity contribution is -0.114. The molecule has 1 amide bonds. The van der Waals surface area contributed by atoms with E-state index >= 15 is 0 Å². The van der Waals surface area contributed by atoms with Gasteiger partial charge in [0.05, 0.1) is 17.9 Å². The fourth-order valence-corrected chi connectivity index (χ4v) is 1.68. The van der Waals surface area contributed by atoms with Gasteiger partial charge in [0.25, 0.3) is 11.7 Å². The number of nitrogens with zero attached hydrogens (tertiary/aromatic N) is 1. The molecule has 0 saturated heterocycles. The summed E-state index contributed by atoms with van der Waals surface area (Å²) in [5.41, 5.74) is 0.578. The van der Waals surface area contributed by atoms with E-state index in [0.717, 1.165) is 6.07 Å². The number of halogens is 1. The predicted octanol–water partition coefficient (Wildman–Crippen LogP) is 1.00. The Morgan fingerprint density at radius 1 is 1.38 bits per heavy atom. The highest BCUT2D eigenvalue weighted by molar-refractivity contribution is 6.52. The first kappa shape index (κ1) is 10.8. The lowest BCUT2D eigenvalue weighted by Gasteiger charge is -2.15. The van der Waals surface area contributed by atoms with Gasteiger partial charge in [0.2, 0.25) is 0 Å². The van der Waals surface area contributed by atoms with E-state index in [4.69, 9.17) is 4.74 Å². The maximum Gasteiger partial charge on any atom is 0.299 e. The second-order valence-corrected chi connectivity index (χ2v) is 3.44. The van der Waals surface area contributed by atoms with Crippen molar-refractivity contribution in [1.82, 2.24) is 0 Å². The van der Waals surface area contributed by atoms with E-state index < -0.39 is 17.5 Å². The van der Waals surface area contributed by atoms with Gasteiger partial charge in [-0.05, 0) is 18.2 Å². The third-order valence-electron chi connectivity index (χ3n) is 2.45. The Hall–Kier alpha value is -1.75. The molecule has 0 aromatic heterocycles. The van der Waals surface area contributed by atoms with Crippen molar-refractivity contribution in [3.63, 3.8) is 0 Å². The van der Waals surface area contributed by atoms with Crippen LogP contribution < -0.4 is 4.90 Å². The number of methoxy groups -OCH3 is 1. The average molecular weight is 223 g/mol. The van der Waals surface area contributed by atoms with Gasteiger partial charge in [-0.2, -0.15) is 0 Å². The van der Waals surface area contributed by atoms with Gasteiger partial charge < -0.3 is 9.64 Å². The molecular weight excluding hydrogens is 213 g/mol. The molecule has 0 bridgehead atoms. The number of anilines is 1. The van der Waals surface area contributed by atoms with Gasteiger partial charge in [0.15, 0.2) is 0 Å². The molecule has 0 aliphatic carbocycles. The first-order chi connectivity index (χ1) is 7.65. The minimum absolute atomic E-state index is 0.126. The second kappa shape index (κ2) is 4.02. The van der Waals surface area contributed by atoms with Gasteiger partial charge in [-0.1, -0.05) is 0 Å². The summed E-state index contributed by atoms with van der Waals surface area (Å²) in [5.74, 6) is -1.81. The highest BCUT2D eigenvalue weighted by Crippen LogP contribution is 2.28. The molecule has 1 aromatic rings. The van der Waals surface area contributed by atoms with Gasteiger partial charge in [0.1, 0.15) is 5.82 Å². The van der Waals surface area contributed by atoms with Crippen molar-refractivity contribution < 1.29 is 18.7 Å². The van der Waals surface area contributed by atoms with Crippen LogP contribution in [-0.2, 0) is 9.53 Å². The molecule has 0 radical (unpaired) electrons. The van der Waals surface area contributed by atoms with Gasteiger partial charge in [-0.25, -0.2) is 4.39 Å². The standard InChI is InChI=1S/C11H10FNO3/c1-16-5-4-13-9-3-2-7(12)6-8(9)10(14)11(13)15/h2-3,6H,4-5H2,1H3. The van der Waals surface area contributed by atoms with Crippen LogP contribution in [0.3, 0.4) is 0 Å². The van der Waals surface area contributed by atoms with Crippen molar-refractivity contribution in [2.24, 2.45) is 0 Å². The van der Waals surface area contributed by atoms with Crippen LogP contribution in [0.25, 0.3) is 0 Å². The van der Waals surface area contributed by atoms with E-state index in [2.05, 4.69) is 0 Å². The predicted molar refractivity (Wildman–Crippen MR) is 55.0 cm³/mol. The fourth-order valence-electron chi connectivity index (χ4n) is 1.68. The van der Waals surface area contributed by atoms with Crippen LogP contribution in [0.15, 0.2) is 18.2 Å². The van der Waals surface area contributed by atoms with Crippen LogP contribution in [0.2, 0.25) is 0 Å². The van der Waals surface area contributed by atoms with Gasteiger partial charge in [0, 0.05) is 13.7 Å². The maximum atomic E-state index is 12.9. The van der Waals surface area contributed by atoms with Gasteiger partial charge >= 0.3 is 0 Å². The summed E-state index contributed by atoms with van der Waals surface area (Å²) in [5, 5.41) is 0. The lowest BCUT2D eigenvalue weighted by Crippen LogP contribution is -2.32. The quantitative estimate of drug-likeness (QED) is 0.718. The van der Waals surface area contributed by atoms with E-state index in [1.165, 1.54) is 24.1 Å². The average Bonchev–Trinajstić information content (AvgIpc) is 2.50. The Balaban J connectivity index is 2.38. The van der Waals surface area contributed by atoms with Crippen LogP contribution in [0.1, 0.15) is 10.4 Å². The van der Waals surface area contributed by atoms with Crippen LogP contribution in [0.4, 0.5) is 10.1 Å². The number of Topliss-reactive ketones (excluding diaryl/α,β-unsaturated/α-hetero) is 1. The topological polar surface area (TPSA) is 46.6 Å². The Morgan fingerprint density at radius 3 is 2.81 bits per heavy atom. The SMILES string of the molecule is COCCN1C(=O)C(=O)c2cc(F)ccc21. The van der Waals surface area contributed by atoms with Crippen molar-refractivity contribution in [3.05, 3.63) is 29.6 Å². The Kier molecular flexibility index (Phi) is 2.70. The molecule has 4 nitrogen and oxygen atoms in total. The zero-order chi connectivity index (χ0) is 11.7. The van der Waals surface area contributed by atoms with E-state index in [1.54, 1.807) is 0 Å². The summed E-state index contributed by atoms with van der Waals surface area (Å²) in [6.45, 7) is 0.621. The third-order valence-corrected chi connectivity index (χ3v) is 2.45. The number of carbonyl (C=O) groups is 2. The zero-order valence-electron chi connectivity index (χ0n) is 8.70. The molecule has 5 heteroatoms. The molecule has 0 spiro atoms. The molecule has 16 heavy (non-hydrogen) atoms. The molecule has 0 atom stereocenters. The molecule has 1 aliphatic heterocycles. The van der Waals surface area contributed by atoms with E-state index in [1.807, 2.05) is 0 Å². The summed E-state index contributed by atoms with van der Waals surface area (Å²) < 4.78 is 17.8. The van der Waals surface area contributed by atoms with Crippen molar-refractivity contribution in [2.75, 3.05) is 25.2 Å². The molecule has 0 unspecified atom stereocenters. The number of carbonyl (C=O) groups excluding carboxylic acids is 2. The molecular formula is C11H10FNO3. The Bertz CT molecular complexity index is 459. The first-order valence-corrected chi connectivity index (χ1v) is 4.80. The second-order valence-electron chi connectivity index (χ2n) is 3.44. The molecule has 1 aromatic carbocycles. The number of ether oxygens (including phenoxy) is 1. The lowest BCUT2D eigenvalue weighted by atomic mass is 10.1. The van der Waals surface area contributed by atoms with Gasteiger partial charge in [-0.3, -0.25) is 9.59 Å². The molecule has 0 fully saturated rings. The number of fused-ring (bicyclic) bond motifs is 1. The van der Waals surface area contributed by atoms with Crippen LogP contribution in [-0.4, -0.2) is 32.0 Å². The molecule has 0 N–H and O–H groups in total. The normalized spacial score (nSPS) is 14.5. The van der Waals surface area contributed by atoms with Crippen LogP contribution in [0.5, 0.6) is 0 Å². The summed E-state index contributed by atoms with van der Waals surface area (Å²) >= 11 is 0. The number of ketones is 1. The number of rotatable bonds is 3. The molecule has 1 heterocycles. The molecule has 1 aliphatic rings. The van der Waals surface area contributed by atoms with Crippen molar-refractivity contribution in [1.29, 1.82) is 0 Å². The number of benzene rings is 1. The highest BCUT2D eigenvalue weighted by atomic mass is 19.1. The zero-order valence-corrected chi connectivity index (χ0v) is 8.70. The fraction of sp³-hybridized carbons (Fsp3) is 0.273. The summed E-state index contributed by atoms with van der Waals surface area (Å²) in [6.07, 6.45) is 0. The maximum absolute atomic E-state index is 12.9. The van der Waals surface area contributed by atoms with E-state index in [9.17, 15) is 14.0 Å². The summed E-state index contributed by atoms with van der Waals surface area (Å²) in [6, 6.07) is 3.75. The van der Waals surface area contributed by atoms with Crippen molar-refractivity contribution in [2.45, 2.75) is 0 Å². The highest BCUT2D eigenvalue weighted by Gasteiger charge is 2.35. The van der Waals surface area contributed by atoms with Crippen LogP contribution in [0, 0.1) is 5.82 Å². The largest absolute Gasteiger partial charge is 0.383 e. The van der Waals surface area contributed by atoms with E-state index in [0.29, 0.717) is 18.8 Å². The van der Waals surface area contributed by atoms with Crippen LogP contribution >= 0.6 is 0 Å². The molecule has 0 saturated carbocycles. The third kappa shape index (κ3) is 1.59. The Labute approximate surface area is 91.6 Å². The molecule has 84 valence electrons. The summed E-state index contributed by atoms with van der Waals surface area (Å²) in [7, 11) is 1.51. The monoisotopic (exact) mass is 223 g/mol. The van der Waals surface area contributed by atoms with Crippen molar-refractivity contribution >= 4 is 17.4 Å². The number of amides is 1. The smallest absolute Gasteiger partial charge is 0.299 e. The minimum atomic E-state index is -0.661. The first-order valence-electron chi connectivity index (χ1n) is 4.80.